The Labute approximate surface area is 167 Å². The molecule has 0 unspecified atom stereocenters. The van der Waals surface area contributed by atoms with Gasteiger partial charge in [0.2, 0.25) is 0 Å². The Morgan fingerprint density at radius 3 is 1.89 bits per heavy atom. The molecule has 5 heteroatoms. The maximum Gasteiger partial charge on any atom is 0.317 e. The van der Waals surface area contributed by atoms with E-state index in [9.17, 15) is 4.79 Å². The number of aryl methyl sites for hydroxylation is 2. The summed E-state index contributed by atoms with van der Waals surface area (Å²) in [7, 11) is 0. The first-order chi connectivity index (χ1) is 13.7. The van der Waals surface area contributed by atoms with Crippen LogP contribution in [0.5, 0.6) is 0 Å². The number of rotatable bonds is 6. The summed E-state index contributed by atoms with van der Waals surface area (Å²) in [5.41, 5.74) is 5.56. The van der Waals surface area contributed by atoms with Gasteiger partial charge in [-0.3, -0.25) is 9.69 Å². The molecule has 148 valence electrons. The highest BCUT2D eigenvalue weighted by Gasteiger charge is 2.21. The van der Waals surface area contributed by atoms with Crippen LogP contribution in [0.4, 0.5) is 11.4 Å². The molecular formula is C23H29N3O2. The van der Waals surface area contributed by atoms with Crippen molar-refractivity contribution < 1.29 is 9.90 Å². The summed E-state index contributed by atoms with van der Waals surface area (Å²) in [5.74, 6) is -0.730. The molecule has 2 aliphatic rings. The molecule has 0 amide bonds. The molecule has 0 saturated carbocycles. The van der Waals surface area contributed by atoms with Crippen LogP contribution in [0.15, 0.2) is 48.5 Å². The van der Waals surface area contributed by atoms with Gasteiger partial charge in [0.25, 0.3) is 0 Å². The molecule has 0 aromatic heterocycles. The van der Waals surface area contributed by atoms with Gasteiger partial charge in [-0.05, 0) is 49.1 Å². The molecule has 1 N–H and O–H groups in total. The number of carboxylic acid groups (broad SMARTS) is 1. The second-order valence-electron chi connectivity index (χ2n) is 7.77. The molecule has 1 fully saturated rings. The number of carboxylic acids is 1. The molecule has 0 radical (unpaired) electrons. The Kier molecular flexibility index (Phi) is 5.93. The summed E-state index contributed by atoms with van der Waals surface area (Å²) in [6.07, 6.45) is 3.28. The van der Waals surface area contributed by atoms with E-state index in [-0.39, 0.29) is 6.54 Å². The first-order valence-electron chi connectivity index (χ1n) is 10.3. The molecule has 2 aromatic rings. The third-order valence-electron chi connectivity index (χ3n) is 5.91. The molecule has 5 nitrogen and oxygen atoms in total. The first kappa shape index (κ1) is 19.0. The van der Waals surface area contributed by atoms with Crippen molar-refractivity contribution in [3.8, 4) is 0 Å². The number of anilines is 2. The Balaban J connectivity index is 1.39. The van der Waals surface area contributed by atoms with Crippen molar-refractivity contribution in [2.24, 2.45) is 0 Å². The SMILES string of the molecule is O=C(O)CN1CCN(CCCN2c3ccccc3CCc3ccccc32)CC1. The number of para-hydroxylation sites is 2. The van der Waals surface area contributed by atoms with Crippen molar-refractivity contribution in [2.75, 3.05) is 50.7 Å². The number of fused-ring (bicyclic) bond motifs is 2. The second-order valence-corrected chi connectivity index (χ2v) is 7.77. The quantitative estimate of drug-likeness (QED) is 0.836. The van der Waals surface area contributed by atoms with Crippen LogP contribution in [0, 0.1) is 0 Å². The van der Waals surface area contributed by atoms with Crippen LogP contribution < -0.4 is 4.90 Å². The lowest BCUT2D eigenvalue weighted by molar-refractivity contribution is -0.138. The third-order valence-corrected chi connectivity index (χ3v) is 5.91. The van der Waals surface area contributed by atoms with Gasteiger partial charge in [0.05, 0.1) is 6.54 Å². The summed E-state index contributed by atoms with van der Waals surface area (Å²) in [6.45, 7) is 5.84. The smallest absolute Gasteiger partial charge is 0.317 e. The van der Waals surface area contributed by atoms with Gasteiger partial charge in [-0.2, -0.15) is 0 Å². The molecule has 2 heterocycles. The fourth-order valence-electron chi connectivity index (χ4n) is 4.43. The van der Waals surface area contributed by atoms with E-state index in [1.165, 1.54) is 22.5 Å². The lowest BCUT2D eigenvalue weighted by atomic mass is 10.0. The van der Waals surface area contributed by atoms with E-state index in [2.05, 4.69) is 58.3 Å². The zero-order chi connectivity index (χ0) is 19.3. The van der Waals surface area contributed by atoms with Gasteiger partial charge < -0.3 is 14.9 Å². The predicted molar refractivity (Wildman–Crippen MR) is 112 cm³/mol. The fraction of sp³-hybridized carbons (Fsp3) is 0.435. The minimum absolute atomic E-state index is 0.162. The molecule has 4 rings (SSSR count). The summed E-state index contributed by atoms with van der Waals surface area (Å²) in [5, 5.41) is 8.94. The molecule has 0 atom stereocenters. The molecular weight excluding hydrogens is 350 g/mol. The third kappa shape index (κ3) is 4.37. The molecule has 0 bridgehead atoms. The molecule has 2 aliphatic heterocycles. The van der Waals surface area contributed by atoms with E-state index < -0.39 is 5.97 Å². The maximum absolute atomic E-state index is 10.9. The standard InChI is InChI=1S/C23H29N3O2/c27-23(28)18-25-16-14-24(15-17-25)12-5-13-26-21-8-3-1-6-19(21)10-11-20-7-2-4-9-22(20)26/h1-4,6-9H,5,10-18H2,(H,27,28). The zero-order valence-corrected chi connectivity index (χ0v) is 16.4. The highest BCUT2D eigenvalue weighted by Crippen LogP contribution is 2.35. The van der Waals surface area contributed by atoms with Gasteiger partial charge in [-0.1, -0.05) is 36.4 Å². The van der Waals surface area contributed by atoms with Crippen LogP contribution in [0.3, 0.4) is 0 Å². The molecule has 2 aromatic carbocycles. The lowest BCUT2D eigenvalue weighted by Crippen LogP contribution is -2.48. The number of benzene rings is 2. The van der Waals surface area contributed by atoms with Crippen LogP contribution in [-0.4, -0.2) is 66.7 Å². The average molecular weight is 380 g/mol. The Hall–Kier alpha value is -2.37. The fourth-order valence-corrected chi connectivity index (χ4v) is 4.43. The number of hydrogen-bond donors (Lipinski definition) is 1. The summed E-state index contributed by atoms with van der Waals surface area (Å²) < 4.78 is 0. The Morgan fingerprint density at radius 1 is 0.786 bits per heavy atom. The van der Waals surface area contributed by atoms with Crippen molar-refractivity contribution in [3.05, 3.63) is 59.7 Å². The molecule has 28 heavy (non-hydrogen) atoms. The largest absolute Gasteiger partial charge is 0.480 e. The van der Waals surface area contributed by atoms with Gasteiger partial charge in [-0.25, -0.2) is 0 Å². The zero-order valence-electron chi connectivity index (χ0n) is 16.4. The van der Waals surface area contributed by atoms with Crippen LogP contribution in [0.2, 0.25) is 0 Å². The predicted octanol–water partition coefficient (Wildman–Crippen LogP) is 3.02. The first-order valence-corrected chi connectivity index (χ1v) is 10.3. The number of nitrogens with zero attached hydrogens (tertiary/aromatic N) is 3. The highest BCUT2D eigenvalue weighted by atomic mass is 16.4. The van der Waals surface area contributed by atoms with Crippen molar-refractivity contribution in [2.45, 2.75) is 19.3 Å². The van der Waals surface area contributed by atoms with Gasteiger partial charge in [0, 0.05) is 44.1 Å². The van der Waals surface area contributed by atoms with Crippen LogP contribution in [0.1, 0.15) is 17.5 Å². The minimum atomic E-state index is -0.730. The highest BCUT2D eigenvalue weighted by molar-refractivity contribution is 5.71. The molecule has 1 saturated heterocycles. The summed E-state index contributed by atoms with van der Waals surface area (Å²) in [4.78, 5) is 17.9. The number of piperazine rings is 1. The Bertz CT molecular complexity index is 767. The van der Waals surface area contributed by atoms with Crippen molar-refractivity contribution >= 4 is 17.3 Å². The summed E-state index contributed by atoms with van der Waals surface area (Å²) in [6, 6.07) is 17.6. The average Bonchev–Trinajstić information content (AvgIpc) is 2.86. The Morgan fingerprint density at radius 2 is 1.32 bits per heavy atom. The summed E-state index contributed by atoms with van der Waals surface area (Å²) >= 11 is 0. The second kappa shape index (κ2) is 8.76. The number of carbonyl (C=O) groups is 1. The van der Waals surface area contributed by atoms with E-state index in [4.69, 9.17) is 5.11 Å². The molecule has 0 spiro atoms. The number of aliphatic carboxylic acids is 1. The number of hydrogen-bond acceptors (Lipinski definition) is 4. The maximum atomic E-state index is 10.9. The van der Waals surface area contributed by atoms with Gasteiger partial charge in [0.1, 0.15) is 0 Å². The monoisotopic (exact) mass is 379 g/mol. The van der Waals surface area contributed by atoms with E-state index in [1.54, 1.807) is 0 Å². The van der Waals surface area contributed by atoms with E-state index in [0.29, 0.717) is 0 Å². The van der Waals surface area contributed by atoms with Crippen LogP contribution >= 0.6 is 0 Å². The van der Waals surface area contributed by atoms with Crippen molar-refractivity contribution in [3.63, 3.8) is 0 Å². The lowest BCUT2D eigenvalue weighted by Gasteiger charge is -2.34. The molecule has 0 aliphatic carbocycles. The van der Waals surface area contributed by atoms with Gasteiger partial charge >= 0.3 is 5.97 Å². The van der Waals surface area contributed by atoms with Gasteiger partial charge in [-0.15, -0.1) is 0 Å². The topological polar surface area (TPSA) is 47.0 Å². The van der Waals surface area contributed by atoms with Crippen LogP contribution in [0.25, 0.3) is 0 Å². The van der Waals surface area contributed by atoms with E-state index in [0.717, 1.165) is 58.5 Å². The van der Waals surface area contributed by atoms with E-state index >= 15 is 0 Å². The van der Waals surface area contributed by atoms with Crippen molar-refractivity contribution in [1.29, 1.82) is 0 Å². The van der Waals surface area contributed by atoms with E-state index in [1.807, 2.05) is 4.90 Å². The van der Waals surface area contributed by atoms with Crippen LogP contribution in [-0.2, 0) is 17.6 Å². The van der Waals surface area contributed by atoms with Crippen molar-refractivity contribution in [1.82, 2.24) is 9.80 Å². The minimum Gasteiger partial charge on any atom is -0.480 e. The van der Waals surface area contributed by atoms with Gasteiger partial charge in [0.15, 0.2) is 0 Å². The normalized spacial score (nSPS) is 17.6.